The van der Waals surface area contributed by atoms with Crippen LogP contribution < -0.4 is 29.6 Å². The maximum atomic E-state index is 12.9. The van der Waals surface area contributed by atoms with E-state index in [9.17, 15) is 14.7 Å². The van der Waals surface area contributed by atoms with Crippen molar-refractivity contribution >= 4 is 17.5 Å². The number of anilines is 1. The normalized spacial score (nSPS) is 22.1. The van der Waals surface area contributed by atoms with Crippen LogP contribution in [0.4, 0.5) is 5.69 Å². The molecule has 0 saturated carbocycles. The molecule has 0 aliphatic carbocycles. The van der Waals surface area contributed by atoms with E-state index in [1.54, 1.807) is 31.4 Å². The lowest BCUT2D eigenvalue weighted by Crippen LogP contribution is -2.47. The largest absolute Gasteiger partial charge is 0.496 e. The molecule has 10 nitrogen and oxygen atoms in total. The summed E-state index contributed by atoms with van der Waals surface area (Å²) in [6.07, 6.45) is -0.685. The van der Waals surface area contributed by atoms with Gasteiger partial charge in [0.2, 0.25) is 12.7 Å². The highest BCUT2D eigenvalue weighted by atomic mass is 16.7. The van der Waals surface area contributed by atoms with Crippen LogP contribution in [0.15, 0.2) is 60.7 Å². The molecule has 1 saturated heterocycles. The third kappa shape index (κ3) is 5.15. The molecule has 3 aliphatic heterocycles. The monoisotopic (exact) mass is 546 g/mol. The van der Waals surface area contributed by atoms with Crippen LogP contribution in [0.5, 0.6) is 23.0 Å². The van der Waals surface area contributed by atoms with Gasteiger partial charge < -0.3 is 39.4 Å². The molecule has 0 bridgehead atoms. The smallest absolute Gasteiger partial charge is 0.255 e. The third-order valence-electron chi connectivity index (χ3n) is 7.47. The number of fused-ring (bicyclic) bond motifs is 4. The fourth-order valence-electron chi connectivity index (χ4n) is 5.53. The maximum absolute atomic E-state index is 12.9. The topological polar surface area (TPSA) is 125 Å². The minimum Gasteiger partial charge on any atom is -0.496 e. The molecule has 0 spiro atoms. The van der Waals surface area contributed by atoms with Crippen molar-refractivity contribution in [1.29, 1.82) is 0 Å². The number of carbonyl (C=O) groups excluding carboxylic acids is 2. The molecule has 40 heavy (non-hydrogen) atoms. The molecule has 3 aliphatic rings. The highest BCUT2D eigenvalue weighted by molar-refractivity contribution is 6.04. The van der Waals surface area contributed by atoms with Crippen molar-refractivity contribution in [3.05, 3.63) is 77.4 Å². The van der Waals surface area contributed by atoms with Crippen LogP contribution in [0.2, 0.25) is 0 Å². The van der Waals surface area contributed by atoms with Gasteiger partial charge in [0.05, 0.1) is 26.2 Å². The van der Waals surface area contributed by atoms with E-state index < -0.39 is 12.2 Å². The second kappa shape index (κ2) is 11.1. The molecule has 3 aromatic carbocycles. The molecule has 4 atom stereocenters. The number of aliphatic hydroxyl groups is 1. The van der Waals surface area contributed by atoms with Crippen molar-refractivity contribution in [1.82, 2.24) is 5.32 Å². The molecule has 3 N–H and O–H groups in total. The zero-order chi connectivity index (χ0) is 27.6. The molecule has 1 fully saturated rings. The molecular weight excluding hydrogens is 516 g/mol. The van der Waals surface area contributed by atoms with E-state index >= 15 is 0 Å². The van der Waals surface area contributed by atoms with Gasteiger partial charge in [0.25, 0.3) is 5.91 Å². The fourth-order valence-corrected chi connectivity index (χ4v) is 5.53. The van der Waals surface area contributed by atoms with E-state index in [1.165, 1.54) is 0 Å². The van der Waals surface area contributed by atoms with Crippen LogP contribution >= 0.6 is 0 Å². The summed E-state index contributed by atoms with van der Waals surface area (Å²) in [6.45, 7) is 0.238. The summed E-state index contributed by atoms with van der Waals surface area (Å²) in [6, 6.07) is 18.0. The first-order chi connectivity index (χ1) is 19.5. The molecule has 208 valence electrons. The van der Waals surface area contributed by atoms with Gasteiger partial charge in [0.1, 0.15) is 23.7 Å². The van der Waals surface area contributed by atoms with Crippen LogP contribution in [0.1, 0.15) is 40.2 Å². The Bertz CT molecular complexity index is 1430. The molecule has 0 aromatic heterocycles. The second-order valence-electron chi connectivity index (χ2n) is 9.97. The van der Waals surface area contributed by atoms with E-state index in [2.05, 4.69) is 10.6 Å². The summed E-state index contributed by atoms with van der Waals surface area (Å²) in [5, 5.41) is 15.9. The fraction of sp³-hybridized carbons (Fsp3) is 0.333. The lowest BCUT2D eigenvalue weighted by Gasteiger charge is -2.37. The van der Waals surface area contributed by atoms with E-state index in [0.717, 1.165) is 11.1 Å². The maximum Gasteiger partial charge on any atom is 0.255 e. The Morgan fingerprint density at radius 1 is 1.02 bits per heavy atom. The lowest BCUT2D eigenvalue weighted by atomic mass is 9.84. The summed E-state index contributed by atoms with van der Waals surface area (Å²) >= 11 is 0. The number of amides is 2. The van der Waals surface area contributed by atoms with Crippen LogP contribution in [-0.2, 0) is 16.1 Å². The number of nitrogens with one attached hydrogen (secondary N) is 2. The predicted molar refractivity (Wildman–Crippen MR) is 144 cm³/mol. The molecule has 3 heterocycles. The Morgan fingerprint density at radius 3 is 2.70 bits per heavy atom. The van der Waals surface area contributed by atoms with Gasteiger partial charge in [-0.3, -0.25) is 9.59 Å². The number of rotatable bonds is 8. The number of aliphatic hydroxyl groups excluding tert-OH is 1. The Morgan fingerprint density at radius 2 is 1.85 bits per heavy atom. The second-order valence-corrected chi connectivity index (χ2v) is 9.97. The Hall–Kier alpha value is -4.28. The standard InChI is InChI=1S/C30H30N2O8/c1-36-23-5-3-2-4-18(23)14-31-28(34)13-20-12-22-21-11-19(7-9-24(21)40-29(22)27(15-33)39-20)32-30(35)17-6-8-25-26(10-17)38-16-37-25/h2-11,20,22,27,29,33H,12-16H2,1H3,(H,31,34)(H,32,35)/t20-,22-,27+,29+/m0/s1. The quantitative estimate of drug-likeness (QED) is 0.393. The van der Waals surface area contributed by atoms with Crippen molar-refractivity contribution < 1.29 is 38.4 Å². The Kier molecular flexibility index (Phi) is 7.19. The van der Waals surface area contributed by atoms with Gasteiger partial charge in [-0.15, -0.1) is 0 Å². The number of hydrogen-bond donors (Lipinski definition) is 3. The summed E-state index contributed by atoms with van der Waals surface area (Å²) in [5.41, 5.74) is 2.85. The van der Waals surface area contributed by atoms with Crippen LogP contribution in [0.25, 0.3) is 0 Å². The molecule has 0 unspecified atom stereocenters. The van der Waals surface area contributed by atoms with Crippen molar-refractivity contribution in [2.24, 2.45) is 0 Å². The minimum atomic E-state index is -0.579. The number of benzene rings is 3. The van der Waals surface area contributed by atoms with E-state index in [-0.39, 0.29) is 43.7 Å². The number of methoxy groups -OCH3 is 1. The predicted octanol–water partition coefficient (Wildman–Crippen LogP) is 3.38. The first kappa shape index (κ1) is 26.0. The Labute approximate surface area is 231 Å². The summed E-state index contributed by atoms with van der Waals surface area (Å²) in [4.78, 5) is 25.7. The van der Waals surface area contributed by atoms with Gasteiger partial charge in [-0.1, -0.05) is 18.2 Å². The molecule has 0 radical (unpaired) electrons. The SMILES string of the molecule is COc1ccccc1CNC(=O)C[C@@H]1C[C@H]2c3cc(NC(=O)c4ccc5c(c4)OCO5)ccc3O[C@H]2[C@@H](CO)O1. The first-order valence-corrected chi connectivity index (χ1v) is 13.2. The van der Waals surface area contributed by atoms with Crippen LogP contribution in [0.3, 0.4) is 0 Å². The Balaban J connectivity index is 1.13. The summed E-state index contributed by atoms with van der Waals surface area (Å²) in [5.74, 6) is 2.00. The lowest BCUT2D eigenvalue weighted by molar-refractivity contribution is -0.142. The molecule has 3 aromatic rings. The van der Waals surface area contributed by atoms with E-state index in [1.807, 2.05) is 36.4 Å². The third-order valence-corrected chi connectivity index (χ3v) is 7.47. The number of para-hydroxylation sites is 1. The molecular formula is C30H30N2O8. The number of hydrogen-bond acceptors (Lipinski definition) is 8. The highest BCUT2D eigenvalue weighted by Gasteiger charge is 2.46. The summed E-state index contributed by atoms with van der Waals surface area (Å²) in [7, 11) is 1.59. The van der Waals surface area contributed by atoms with Crippen LogP contribution in [0, 0.1) is 0 Å². The minimum absolute atomic E-state index is 0.102. The average Bonchev–Trinajstić information content (AvgIpc) is 3.60. The van der Waals surface area contributed by atoms with Gasteiger partial charge in [-0.25, -0.2) is 0 Å². The van der Waals surface area contributed by atoms with Crippen molar-refractivity contribution in [2.75, 3.05) is 25.8 Å². The highest BCUT2D eigenvalue weighted by Crippen LogP contribution is 2.47. The first-order valence-electron chi connectivity index (χ1n) is 13.2. The molecule has 2 amide bonds. The zero-order valence-corrected chi connectivity index (χ0v) is 21.9. The van der Waals surface area contributed by atoms with Crippen LogP contribution in [-0.4, -0.2) is 55.7 Å². The van der Waals surface area contributed by atoms with Crippen molar-refractivity contribution in [2.45, 2.75) is 43.6 Å². The van der Waals surface area contributed by atoms with E-state index in [4.69, 9.17) is 23.7 Å². The van der Waals surface area contributed by atoms with Gasteiger partial charge in [-0.05, 0) is 48.9 Å². The van der Waals surface area contributed by atoms with Crippen molar-refractivity contribution in [3.63, 3.8) is 0 Å². The molecule has 6 rings (SSSR count). The number of ether oxygens (including phenoxy) is 5. The zero-order valence-electron chi connectivity index (χ0n) is 21.9. The van der Waals surface area contributed by atoms with Gasteiger partial charge in [0, 0.05) is 34.8 Å². The van der Waals surface area contributed by atoms with Gasteiger partial charge in [-0.2, -0.15) is 0 Å². The number of carbonyl (C=O) groups is 2. The molecule has 10 heteroatoms. The summed E-state index contributed by atoms with van der Waals surface area (Å²) < 4.78 is 28.3. The average molecular weight is 547 g/mol. The van der Waals surface area contributed by atoms with Gasteiger partial charge >= 0.3 is 0 Å². The van der Waals surface area contributed by atoms with E-state index in [0.29, 0.717) is 47.2 Å². The van der Waals surface area contributed by atoms with Gasteiger partial charge in [0.15, 0.2) is 11.5 Å². The van der Waals surface area contributed by atoms with Crippen molar-refractivity contribution in [3.8, 4) is 23.0 Å².